The van der Waals surface area contributed by atoms with Crippen LogP contribution in [0.2, 0.25) is 0 Å². The van der Waals surface area contributed by atoms with Gasteiger partial charge in [0, 0.05) is 18.8 Å². The first-order chi connectivity index (χ1) is 14.5. The molecule has 5 nitrogen and oxygen atoms in total. The van der Waals surface area contributed by atoms with Crippen LogP contribution in [0, 0.1) is 5.92 Å². The Balaban J connectivity index is 1.57. The number of anilines is 1. The van der Waals surface area contributed by atoms with Crippen LogP contribution in [0.4, 0.5) is 5.69 Å². The Kier molecular flexibility index (Phi) is 7.61. The number of nitrogens with zero attached hydrogens (tertiary/aromatic N) is 1. The van der Waals surface area contributed by atoms with Gasteiger partial charge in [-0.1, -0.05) is 26.0 Å². The molecule has 1 aliphatic rings. The number of carbonyl (C=O) groups is 1. The fraction of sp³-hybridized carbons (Fsp3) is 0.480. The van der Waals surface area contributed by atoms with Crippen LogP contribution < -0.4 is 19.7 Å². The Bertz CT molecular complexity index is 804. The lowest BCUT2D eigenvalue weighted by molar-refractivity contribution is -0.128. The van der Waals surface area contributed by atoms with Crippen molar-refractivity contribution in [3.05, 3.63) is 54.1 Å². The van der Waals surface area contributed by atoms with E-state index >= 15 is 0 Å². The lowest BCUT2D eigenvalue weighted by atomic mass is 9.99. The molecular formula is C25H34N2O3. The molecule has 1 amide bonds. The fourth-order valence-electron chi connectivity index (χ4n) is 3.93. The molecule has 0 aliphatic carbocycles. The van der Waals surface area contributed by atoms with Crippen LogP contribution in [-0.4, -0.2) is 32.2 Å². The summed E-state index contributed by atoms with van der Waals surface area (Å²) < 4.78 is 11.1. The second-order valence-corrected chi connectivity index (χ2v) is 8.21. The zero-order valence-electron chi connectivity index (χ0n) is 18.6. The molecule has 30 heavy (non-hydrogen) atoms. The van der Waals surface area contributed by atoms with E-state index in [1.54, 1.807) is 7.11 Å². The Morgan fingerprint density at radius 1 is 1.13 bits per heavy atom. The second-order valence-electron chi connectivity index (χ2n) is 8.21. The summed E-state index contributed by atoms with van der Waals surface area (Å²) in [6.07, 6.45) is 2.63. The average Bonchev–Trinajstić information content (AvgIpc) is 2.77. The Morgan fingerprint density at radius 2 is 1.80 bits per heavy atom. The normalized spacial score (nSPS) is 18.4. The highest BCUT2D eigenvalue weighted by Gasteiger charge is 2.21. The molecule has 0 bridgehead atoms. The van der Waals surface area contributed by atoms with Crippen LogP contribution in [0.1, 0.15) is 51.6 Å². The number of rotatable bonds is 8. The van der Waals surface area contributed by atoms with Crippen molar-refractivity contribution >= 4 is 11.6 Å². The van der Waals surface area contributed by atoms with Crippen LogP contribution in [0.15, 0.2) is 48.5 Å². The number of nitrogens with one attached hydrogen (secondary N) is 1. The first-order valence-electron chi connectivity index (χ1n) is 11.0. The highest BCUT2D eigenvalue weighted by Crippen LogP contribution is 2.25. The first-order valence-corrected chi connectivity index (χ1v) is 11.0. The molecule has 5 heteroatoms. The number of carbonyl (C=O) groups excluding carboxylic acids is 1. The van der Waals surface area contributed by atoms with Gasteiger partial charge >= 0.3 is 0 Å². The summed E-state index contributed by atoms with van der Waals surface area (Å²) in [6.45, 7) is 8.52. The van der Waals surface area contributed by atoms with Crippen LogP contribution in [0.25, 0.3) is 0 Å². The van der Waals surface area contributed by atoms with Gasteiger partial charge in [-0.25, -0.2) is 0 Å². The lowest BCUT2D eigenvalue weighted by Gasteiger charge is -2.33. The highest BCUT2D eigenvalue weighted by atomic mass is 16.5. The quantitative estimate of drug-likeness (QED) is 0.668. The second kappa shape index (κ2) is 10.4. The third-order valence-electron chi connectivity index (χ3n) is 5.78. The number of amides is 1. The predicted molar refractivity (Wildman–Crippen MR) is 121 cm³/mol. The third kappa shape index (κ3) is 5.68. The summed E-state index contributed by atoms with van der Waals surface area (Å²) in [4.78, 5) is 15.2. The van der Waals surface area contributed by atoms with E-state index in [1.165, 1.54) is 18.5 Å². The van der Waals surface area contributed by atoms with Crippen molar-refractivity contribution in [1.29, 1.82) is 0 Å². The number of piperidine rings is 1. The molecule has 0 unspecified atom stereocenters. The Labute approximate surface area is 180 Å². The predicted octanol–water partition coefficient (Wildman–Crippen LogP) is 4.97. The molecule has 3 rings (SSSR count). The third-order valence-corrected chi connectivity index (χ3v) is 5.78. The van der Waals surface area contributed by atoms with Crippen LogP contribution in [0.5, 0.6) is 11.5 Å². The minimum absolute atomic E-state index is 0.0830. The van der Waals surface area contributed by atoms with Gasteiger partial charge in [0.1, 0.15) is 11.5 Å². The number of hydrogen-bond donors (Lipinski definition) is 1. The monoisotopic (exact) mass is 410 g/mol. The first kappa shape index (κ1) is 22.0. The van der Waals surface area contributed by atoms with Gasteiger partial charge in [-0.2, -0.15) is 0 Å². The molecule has 1 saturated heterocycles. The zero-order chi connectivity index (χ0) is 21.5. The zero-order valence-corrected chi connectivity index (χ0v) is 18.6. The molecule has 1 fully saturated rings. The number of hydrogen-bond acceptors (Lipinski definition) is 4. The van der Waals surface area contributed by atoms with Crippen LogP contribution in [0.3, 0.4) is 0 Å². The maximum Gasteiger partial charge on any atom is 0.261 e. The summed E-state index contributed by atoms with van der Waals surface area (Å²) in [6, 6.07) is 15.8. The maximum atomic E-state index is 12.8. The van der Waals surface area contributed by atoms with E-state index in [-0.39, 0.29) is 11.9 Å². The molecule has 0 aromatic heterocycles. The molecular weight excluding hydrogens is 376 g/mol. The van der Waals surface area contributed by atoms with Crippen molar-refractivity contribution in [2.24, 2.45) is 5.92 Å². The van der Waals surface area contributed by atoms with Gasteiger partial charge in [-0.05, 0) is 74.1 Å². The largest absolute Gasteiger partial charge is 0.497 e. The van der Waals surface area contributed by atoms with Gasteiger partial charge < -0.3 is 19.7 Å². The van der Waals surface area contributed by atoms with E-state index in [9.17, 15) is 4.79 Å². The summed E-state index contributed by atoms with van der Waals surface area (Å²) in [5.41, 5.74) is 2.36. The Hall–Kier alpha value is -2.69. The summed E-state index contributed by atoms with van der Waals surface area (Å²) in [5.74, 6) is 2.06. The highest BCUT2D eigenvalue weighted by molar-refractivity contribution is 5.81. The standard InChI is InChI=1S/C25H34N2O3/c1-5-24(30-23-14-12-22(29-4)13-15-23)25(28)26-19(3)20-8-10-21(11-9-20)27-16-6-7-18(2)17-27/h8-15,18-19,24H,5-7,16-17H2,1-4H3,(H,26,28)/t18-,19+,24-/m1/s1. The average molecular weight is 411 g/mol. The van der Waals surface area contributed by atoms with Gasteiger partial charge in [0.2, 0.25) is 0 Å². The van der Waals surface area contributed by atoms with E-state index in [4.69, 9.17) is 9.47 Å². The van der Waals surface area contributed by atoms with Crippen LogP contribution >= 0.6 is 0 Å². The molecule has 3 atom stereocenters. The fourth-order valence-corrected chi connectivity index (χ4v) is 3.93. The van der Waals surface area contributed by atoms with Crippen molar-refractivity contribution in [3.8, 4) is 11.5 Å². The molecule has 162 valence electrons. The molecule has 0 radical (unpaired) electrons. The van der Waals surface area contributed by atoms with Gasteiger partial charge in [-0.15, -0.1) is 0 Å². The number of ether oxygens (including phenoxy) is 2. The smallest absolute Gasteiger partial charge is 0.261 e. The molecule has 1 N–H and O–H groups in total. The van der Waals surface area contributed by atoms with Gasteiger partial charge in [-0.3, -0.25) is 4.79 Å². The Morgan fingerprint density at radius 3 is 2.40 bits per heavy atom. The minimum atomic E-state index is -0.532. The van der Waals surface area contributed by atoms with E-state index in [2.05, 4.69) is 41.4 Å². The molecule has 2 aromatic carbocycles. The van der Waals surface area contributed by atoms with Crippen LogP contribution in [-0.2, 0) is 4.79 Å². The van der Waals surface area contributed by atoms with Crippen molar-refractivity contribution in [1.82, 2.24) is 5.32 Å². The maximum absolute atomic E-state index is 12.8. The molecule has 0 spiro atoms. The van der Waals surface area contributed by atoms with Crippen molar-refractivity contribution < 1.29 is 14.3 Å². The summed E-state index contributed by atoms with van der Waals surface area (Å²) in [5, 5.41) is 3.09. The number of benzene rings is 2. The van der Waals surface area contributed by atoms with E-state index < -0.39 is 6.10 Å². The van der Waals surface area contributed by atoms with E-state index in [1.807, 2.05) is 38.1 Å². The molecule has 1 aliphatic heterocycles. The summed E-state index contributed by atoms with van der Waals surface area (Å²) >= 11 is 0. The van der Waals surface area contributed by atoms with Crippen molar-refractivity contribution in [2.75, 3.05) is 25.1 Å². The molecule has 2 aromatic rings. The van der Waals surface area contributed by atoms with E-state index in [0.29, 0.717) is 12.2 Å². The summed E-state index contributed by atoms with van der Waals surface area (Å²) in [7, 11) is 1.62. The van der Waals surface area contributed by atoms with Gasteiger partial charge in [0.05, 0.1) is 13.2 Å². The topological polar surface area (TPSA) is 50.8 Å². The van der Waals surface area contributed by atoms with Crippen molar-refractivity contribution in [3.63, 3.8) is 0 Å². The molecule has 0 saturated carbocycles. The van der Waals surface area contributed by atoms with Crippen molar-refractivity contribution in [2.45, 2.75) is 52.2 Å². The van der Waals surface area contributed by atoms with E-state index in [0.717, 1.165) is 30.3 Å². The number of methoxy groups -OCH3 is 1. The SMILES string of the molecule is CC[C@@H](Oc1ccc(OC)cc1)C(=O)N[C@@H](C)c1ccc(N2CCC[C@@H](C)C2)cc1. The lowest BCUT2D eigenvalue weighted by Crippen LogP contribution is -2.39. The van der Waals surface area contributed by atoms with Gasteiger partial charge in [0.25, 0.3) is 5.91 Å². The minimum Gasteiger partial charge on any atom is -0.497 e. The van der Waals surface area contributed by atoms with Gasteiger partial charge in [0.15, 0.2) is 6.10 Å². The molecule has 1 heterocycles.